The van der Waals surface area contributed by atoms with Crippen LogP contribution >= 0.6 is 0 Å². The predicted octanol–water partition coefficient (Wildman–Crippen LogP) is 3.74. The second-order valence-electron chi connectivity index (χ2n) is 4.43. The summed E-state index contributed by atoms with van der Waals surface area (Å²) in [6.45, 7) is 0. The average Bonchev–Trinajstić information content (AvgIpc) is 3.04. The van der Waals surface area contributed by atoms with Crippen LogP contribution in [0.1, 0.15) is 11.3 Å². The quantitative estimate of drug-likeness (QED) is 0.539. The molecule has 0 aliphatic heterocycles. The Morgan fingerprint density at radius 3 is 2.33 bits per heavy atom. The molecule has 0 aliphatic rings. The maximum atomic E-state index is 5.41. The maximum Gasteiger partial charge on any atom is 0.167 e. The Labute approximate surface area is 122 Å². The van der Waals surface area contributed by atoms with Crippen LogP contribution in [0.4, 0.5) is 0 Å². The van der Waals surface area contributed by atoms with E-state index >= 15 is 0 Å². The van der Waals surface area contributed by atoms with Gasteiger partial charge in [0.1, 0.15) is 18.5 Å². The van der Waals surface area contributed by atoms with E-state index in [0.29, 0.717) is 17.2 Å². The van der Waals surface area contributed by atoms with Crippen LogP contribution in [0.5, 0.6) is 0 Å². The van der Waals surface area contributed by atoms with Crippen LogP contribution in [0, 0.1) is 0 Å². The van der Waals surface area contributed by atoms with Gasteiger partial charge in [-0.05, 0) is 0 Å². The van der Waals surface area contributed by atoms with Gasteiger partial charge in [-0.1, -0.05) is 71.0 Å². The molecule has 21 heavy (non-hydrogen) atoms. The Bertz CT molecular complexity index is 734. The summed E-state index contributed by atoms with van der Waals surface area (Å²) in [6.07, 6.45) is 0. The van der Waals surface area contributed by atoms with Crippen LogP contribution < -0.4 is 0 Å². The molecule has 0 N–H and O–H groups in total. The molecule has 104 valence electrons. The zero-order valence-corrected chi connectivity index (χ0v) is 11.6. The highest BCUT2D eigenvalue weighted by atomic mass is 16.6. The summed E-state index contributed by atoms with van der Waals surface area (Å²) >= 11 is 0. The van der Waals surface area contributed by atoms with E-state index in [2.05, 4.69) is 10.3 Å². The topological polar surface area (TPSA) is 47.6 Å². The van der Waals surface area contributed by atoms with Crippen molar-refractivity contribution < 1.29 is 9.36 Å². The number of hydrogen-bond donors (Lipinski definition) is 0. The van der Waals surface area contributed by atoms with Crippen LogP contribution in [0.2, 0.25) is 0 Å². The standard InChI is InChI=1S/C17H14N2O2/c1-20-19-17(14-10-6-3-7-11-14)15-12-16(21-18-15)13-8-4-2-5-9-13/h2-12H,1H3. The second kappa shape index (κ2) is 6.05. The SMILES string of the molecule is CON=C(c1ccccc1)c1cc(-c2ccccc2)on1. The molecule has 2 aromatic carbocycles. The first-order chi connectivity index (χ1) is 10.4. The van der Waals surface area contributed by atoms with Gasteiger partial charge >= 0.3 is 0 Å². The number of hydrogen-bond acceptors (Lipinski definition) is 4. The van der Waals surface area contributed by atoms with E-state index in [9.17, 15) is 0 Å². The first-order valence-corrected chi connectivity index (χ1v) is 6.57. The van der Waals surface area contributed by atoms with Crippen molar-refractivity contribution in [2.75, 3.05) is 7.11 Å². The minimum Gasteiger partial charge on any atom is -0.399 e. The van der Waals surface area contributed by atoms with Crippen molar-refractivity contribution in [3.63, 3.8) is 0 Å². The van der Waals surface area contributed by atoms with E-state index in [0.717, 1.165) is 11.1 Å². The Kier molecular flexibility index (Phi) is 3.78. The lowest BCUT2D eigenvalue weighted by Crippen LogP contribution is -2.04. The fourth-order valence-corrected chi connectivity index (χ4v) is 2.06. The first kappa shape index (κ1) is 13.1. The van der Waals surface area contributed by atoms with Crippen molar-refractivity contribution >= 4 is 5.71 Å². The van der Waals surface area contributed by atoms with E-state index in [4.69, 9.17) is 9.36 Å². The molecule has 0 fully saturated rings. The Balaban J connectivity index is 1.99. The molecule has 0 aliphatic carbocycles. The molecule has 0 saturated heterocycles. The maximum absolute atomic E-state index is 5.41. The molecule has 0 radical (unpaired) electrons. The molecule has 3 aromatic rings. The third-order valence-electron chi connectivity index (χ3n) is 3.04. The van der Waals surface area contributed by atoms with Crippen LogP contribution in [0.3, 0.4) is 0 Å². The van der Waals surface area contributed by atoms with Crippen molar-refractivity contribution in [1.29, 1.82) is 0 Å². The zero-order chi connectivity index (χ0) is 14.5. The monoisotopic (exact) mass is 278 g/mol. The van der Waals surface area contributed by atoms with Crippen molar-refractivity contribution in [3.05, 3.63) is 78.0 Å². The molecule has 0 bridgehead atoms. The van der Waals surface area contributed by atoms with E-state index in [1.54, 1.807) is 0 Å². The minimum atomic E-state index is 0.641. The number of benzene rings is 2. The van der Waals surface area contributed by atoms with Gasteiger partial charge in [-0.3, -0.25) is 0 Å². The van der Waals surface area contributed by atoms with Gasteiger partial charge in [0.25, 0.3) is 0 Å². The first-order valence-electron chi connectivity index (χ1n) is 6.57. The highest BCUT2D eigenvalue weighted by Crippen LogP contribution is 2.21. The lowest BCUT2D eigenvalue weighted by molar-refractivity contribution is 0.213. The van der Waals surface area contributed by atoms with E-state index in [-0.39, 0.29) is 0 Å². The van der Waals surface area contributed by atoms with Gasteiger partial charge in [0, 0.05) is 17.2 Å². The fraction of sp³-hybridized carbons (Fsp3) is 0.0588. The Morgan fingerprint density at radius 1 is 1.00 bits per heavy atom. The van der Waals surface area contributed by atoms with Gasteiger partial charge in [0.2, 0.25) is 0 Å². The van der Waals surface area contributed by atoms with Gasteiger partial charge in [0.05, 0.1) is 0 Å². The summed E-state index contributed by atoms with van der Waals surface area (Å²) in [7, 11) is 1.52. The smallest absolute Gasteiger partial charge is 0.167 e. The zero-order valence-electron chi connectivity index (χ0n) is 11.6. The van der Waals surface area contributed by atoms with Crippen molar-refractivity contribution in [1.82, 2.24) is 5.16 Å². The molecular formula is C17H14N2O2. The fourth-order valence-electron chi connectivity index (χ4n) is 2.06. The second-order valence-corrected chi connectivity index (χ2v) is 4.43. The number of rotatable bonds is 4. The molecule has 0 amide bonds. The van der Waals surface area contributed by atoms with Gasteiger partial charge in [0.15, 0.2) is 5.76 Å². The van der Waals surface area contributed by atoms with E-state index in [1.165, 1.54) is 7.11 Å². The molecule has 0 unspecified atom stereocenters. The molecule has 3 rings (SSSR count). The van der Waals surface area contributed by atoms with Crippen LogP contribution in [-0.4, -0.2) is 18.0 Å². The summed E-state index contributed by atoms with van der Waals surface area (Å²) in [5.41, 5.74) is 3.18. The molecule has 1 heterocycles. The average molecular weight is 278 g/mol. The van der Waals surface area contributed by atoms with Gasteiger partial charge < -0.3 is 9.36 Å². The Hall–Kier alpha value is -2.88. The number of nitrogens with zero attached hydrogens (tertiary/aromatic N) is 2. The highest BCUT2D eigenvalue weighted by Gasteiger charge is 2.14. The summed E-state index contributed by atoms with van der Waals surface area (Å²) in [6, 6.07) is 21.4. The van der Waals surface area contributed by atoms with Crippen molar-refractivity contribution in [2.45, 2.75) is 0 Å². The van der Waals surface area contributed by atoms with Gasteiger partial charge in [-0.25, -0.2) is 0 Å². The van der Waals surface area contributed by atoms with E-state index in [1.807, 2.05) is 66.7 Å². The highest BCUT2D eigenvalue weighted by molar-refractivity contribution is 6.11. The van der Waals surface area contributed by atoms with Crippen LogP contribution in [-0.2, 0) is 4.84 Å². The number of aromatic nitrogens is 1. The molecule has 1 aromatic heterocycles. The largest absolute Gasteiger partial charge is 0.399 e. The van der Waals surface area contributed by atoms with Gasteiger partial charge in [-0.2, -0.15) is 0 Å². The van der Waals surface area contributed by atoms with Crippen molar-refractivity contribution in [2.24, 2.45) is 5.16 Å². The molecule has 0 spiro atoms. The molecule has 0 atom stereocenters. The summed E-state index contributed by atoms with van der Waals surface area (Å²) in [5.74, 6) is 0.699. The van der Waals surface area contributed by atoms with Gasteiger partial charge in [-0.15, -0.1) is 0 Å². The summed E-state index contributed by atoms with van der Waals surface area (Å²) in [4.78, 5) is 4.93. The normalized spacial score (nSPS) is 11.4. The molecule has 0 saturated carbocycles. The third-order valence-corrected chi connectivity index (χ3v) is 3.04. The third kappa shape index (κ3) is 2.84. The lowest BCUT2D eigenvalue weighted by Gasteiger charge is -2.01. The number of oxime groups is 1. The van der Waals surface area contributed by atoms with Crippen molar-refractivity contribution in [3.8, 4) is 11.3 Å². The lowest BCUT2D eigenvalue weighted by atomic mass is 10.1. The van der Waals surface area contributed by atoms with E-state index < -0.39 is 0 Å². The minimum absolute atomic E-state index is 0.641. The Morgan fingerprint density at radius 2 is 1.67 bits per heavy atom. The molecule has 4 nitrogen and oxygen atoms in total. The molecule has 4 heteroatoms. The van der Waals surface area contributed by atoms with Crippen LogP contribution in [0.25, 0.3) is 11.3 Å². The van der Waals surface area contributed by atoms with Crippen LogP contribution in [0.15, 0.2) is 76.4 Å². The molecular weight excluding hydrogens is 264 g/mol. The summed E-state index contributed by atoms with van der Waals surface area (Å²) < 4.78 is 5.41. The summed E-state index contributed by atoms with van der Waals surface area (Å²) in [5, 5.41) is 8.17. The predicted molar refractivity (Wildman–Crippen MR) is 81.0 cm³/mol.